The lowest BCUT2D eigenvalue weighted by molar-refractivity contribution is -0.254. The maximum atomic E-state index is 11.9. The second-order valence-electron chi connectivity index (χ2n) is 3.79. The summed E-state index contributed by atoms with van der Waals surface area (Å²) in [5.74, 6) is -1.60. The van der Waals surface area contributed by atoms with E-state index < -0.39 is 5.97 Å². The van der Waals surface area contributed by atoms with E-state index in [1.807, 2.05) is 0 Å². The molecule has 0 spiro atoms. The van der Waals surface area contributed by atoms with Gasteiger partial charge in [0.25, 0.3) is 0 Å². The maximum absolute atomic E-state index is 11.9. The van der Waals surface area contributed by atoms with E-state index in [0.29, 0.717) is 20.5 Å². The van der Waals surface area contributed by atoms with Crippen molar-refractivity contribution in [3.05, 3.63) is 61.8 Å². The molecule has 0 radical (unpaired) electrons. The average Bonchev–Trinajstić information content (AvgIpc) is 2.90. The summed E-state index contributed by atoms with van der Waals surface area (Å²) in [6, 6.07) is 7.88. The van der Waals surface area contributed by atoms with Crippen LogP contribution >= 0.6 is 34.5 Å². The van der Waals surface area contributed by atoms with E-state index in [1.165, 1.54) is 24.3 Å². The van der Waals surface area contributed by atoms with Crippen molar-refractivity contribution in [1.29, 1.82) is 0 Å². The van der Waals surface area contributed by atoms with Gasteiger partial charge in [0.1, 0.15) is 0 Å². The van der Waals surface area contributed by atoms with Crippen molar-refractivity contribution in [2.24, 2.45) is 0 Å². The molecule has 1 aromatic carbocycles. The molecule has 2 aromatic rings. The lowest BCUT2D eigenvalue weighted by Gasteiger charge is -1.99. The number of carboxylic acid groups (broad SMARTS) is 1. The highest BCUT2D eigenvalue weighted by molar-refractivity contribution is 7.16. The molecular weight excluding hydrogens is 319 g/mol. The van der Waals surface area contributed by atoms with E-state index in [0.717, 1.165) is 11.3 Å². The lowest BCUT2D eigenvalue weighted by atomic mass is 10.2. The Labute approximate surface area is 129 Å². The summed E-state index contributed by atoms with van der Waals surface area (Å²) in [4.78, 5) is 22.9. The zero-order valence-electron chi connectivity index (χ0n) is 9.93. The highest BCUT2D eigenvalue weighted by atomic mass is 35.5. The molecule has 0 aliphatic heterocycles. The molecule has 2 rings (SSSR count). The molecule has 3 nitrogen and oxygen atoms in total. The van der Waals surface area contributed by atoms with Gasteiger partial charge < -0.3 is 9.90 Å². The summed E-state index contributed by atoms with van der Waals surface area (Å²) < 4.78 is 0. The molecule has 0 aliphatic carbocycles. The van der Waals surface area contributed by atoms with Crippen LogP contribution in [0, 0.1) is 0 Å². The fraction of sp³-hybridized carbons (Fsp3) is 0. The molecule has 0 saturated carbocycles. The third-order valence-electron chi connectivity index (χ3n) is 2.45. The SMILES string of the molecule is O=C([O-])c1ccc(C(=O)/C=C/c2cccc(Cl)c2Cl)s1. The van der Waals surface area contributed by atoms with Crippen molar-refractivity contribution < 1.29 is 14.7 Å². The molecule has 102 valence electrons. The minimum absolute atomic E-state index is 0.0162. The Balaban J connectivity index is 2.20. The van der Waals surface area contributed by atoms with Gasteiger partial charge in [-0.1, -0.05) is 35.3 Å². The Kier molecular flexibility index (Phi) is 4.60. The van der Waals surface area contributed by atoms with E-state index in [2.05, 4.69) is 0 Å². The first-order valence-corrected chi connectivity index (χ1v) is 7.04. The van der Waals surface area contributed by atoms with Crippen LogP contribution < -0.4 is 5.11 Å². The van der Waals surface area contributed by atoms with Crippen molar-refractivity contribution in [2.45, 2.75) is 0 Å². The molecule has 0 bridgehead atoms. The second kappa shape index (κ2) is 6.22. The van der Waals surface area contributed by atoms with Gasteiger partial charge in [-0.05, 0) is 35.9 Å². The number of allylic oxidation sites excluding steroid dienone is 1. The van der Waals surface area contributed by atoms with E-state index in [4.69, 9.17) is 23.2 Å². The van der Waals surface area contributed by atoms with E-state index >= 15 is 0 Å². The maximum Gasteiger partial charge on any atom is 0.195 e. The van der Waals surface area contributed by atoms with E-state index in [9.17, 15) is 14.7 Å². The van der Waals surface area contributed by atoms with E-state index in [-0.39, 0.29) is 10.7 Å². The summed E-state index contributed by atoms with van der Waals surface area (Å²) in [6.45, 7) is 0. The second-order valence-corrected chi connectivity index (χ2v) is 5.66. The van der Waals surface area contributed by atoms with Crippen LogP contribution in [0.1, 0.15) is 24.9 Å². The predicted molar refractivity (Wildman–Crippen MR) is 78.5 cm³/mol. The standard InChI is InChI=1S/C14H8Cl2O3S/c15-9-3-1-2-8(13(9)16)4-5-10(17)11-6-7-12(20-11)14(18)19/h1-7H,(H,18,19)/p-1/b5-4+. The lowest BCUT2D eigenvalue weighted by Crippen LogP contribution is -2.20. The summed E-state index contributed by atoms with van der Waals surface area (Å²) in [5, 5.41) is 11.4. The van der Waals surface area contributed by atoms with Crippen LogP contribution in [0.3, 0.4) is 0 Å². The summed E-state index contributed by atoms with van der Waals surface area (Å²) in [7, 11) is 0. The van der Waals surface area contributed by atoms with Gasteiger partial charge in [0, 0.05) is 0 Å². The summed E-state index contributed by atoms with van der Waals surface area (Å²) in [6.07, 6.45) is 2.86. The number of ketones is 1. The van der Waals surface area contributed by atoms with Crippen molar-refractivity contribution in [3.63, 3.8) is 0 Å². The highest BCUT2D eigenvalue weighted by Crippen LogP contribution is 2.26. The fourth-order valence-corrected chi connectivity index (χ4v) is 2.61. The normalized spacial score (nSPS) is 10.9. The Bertz CT molecular complexity index is 704. The number of thiophene rings is 1. The van der Waals surface area contributed by atoms with Gasteiger partial charge in [0.15, 0.2) is 5.78 Å². The van der Waals surface area contributed by atoms with Crippen LogP contribution in [-0.2, 0) is 0 Å². The van der Waals surface area contributed by atoms with Gasteiger partial charge in [-0.3, -0.25) is 4.79 Å². The number of carbonyl (C=O) groups excluding carboxylic acids is 2. The fourth-order valence-electron chi connectivity index (χ4n) is 1.48. The van der Waals surface area contributed by atoms with Crippen LogP contribution in [0.4, 0.5) is 0 Å². The van der Waals surface area contributed by atoms with Crippen LogP contribution in [0.15, 0.2) is 36.4 Å². The first kappa shape index (κ1) is 14.8. The summed E-state index contributed by atoms with van der Waals surface area (Å²) in [5.41, 5.74) is 0.615. The Morgan fingerprint density at radius 3 is 2.45 bits per heavy atom. The Morgan fingerprint density at radius 2 is 1.80 bits per heavy atom. The molecule has 6 heteroatoms. The van der Waals surface area contributed by atoms with Gasteiger partial charge >= 0.3 is 0 Å². The third-order valence-corrected chi connectivity index (χ3v) is 4.36. The zero-order valence-corrected chi connectivity index (χ0v) is 12.3. The molecular formula is C14H7Cl2O3S-. The van der Waals surface area contributed by atoms with Crippen LogP contribution in [0.25, 0.3) is 6.08 Å². The van der Waals surface area contributed by atoms with E-state index in [1.54, 1.807) is 18.2 Å². The number of carboxylic acids is 1. The highest BCUT2D eigenvalue weighted by Gasteiger charge is 2.07. The molecule has 0 aliphatic rings. The Hall–Kier alpha value is -1.62. The number of carbonyl (C=O) groups is 2. The molecule has 0 unspecified atom stereocenters. The molecule has 1 aromatic heterocycles. The largest absolute Gasteiger partial charge is 0.544 e. The molecule has 0 atom stereocenters. The minimum Gasteiger partial charge on any atom is -0.544 e. The number of aromatic carboxylic acids is 1. The van der Waals surface area contributed by atoms with Crippen LogP contribution in [-0.4, -0.2) is 11.8 Å². The van der Waals surface area contributed by atoms with Gasteiger partial charge in [-0.2, -0.15) is 0 Å². The topological polar surface area (TPSA) is 57.2 Å². The number of hydrogen-bond donors (Lipinski definition) is 0. The average molecular weight is 326 g/mol. The number of rotatable bonds is 4. The number of halogens is 2. The molecule has 0 N–H and O–H groups in total. The van der Waals surface area contributed by atoms with Crippen molar-refractivity contribution in [1.82, 2.24) is 0 Å². The van der Waals surface area contributed by atoms with Gasteiger partial charge in [-0.15, -0.1) is 11.3 Å². The van der Waals surface area contributed by atoms with Crippen molar-refractivity contribution >= 4 is 52.4 Å². The van der Waals surface area contributed by atoms with Crippen molar-refractivity contribution in [2.75, 3.05) is 0 Å². The zero-order chi connectivity index (χ0) is 14.7. The monoisotopic (exact) mass is 325 g/mol. The smallest absolute Gasteiger partial charge is 0.195 e. The Morgan fingerprint density at radius 1 is 1.10 bits per heavy atom. The molecule has 20 heavy (non-hydrogen) atoms. The van der Waals surface area contributed by atoms with Gasteiger partial charge in [0.2, 0.25) is 0 Å². The molecule has 0 saturated heterocycles. The first-order valence-electron chi connectivity index (χ1n) is 5.46. The predicted octanol–water partition coefficient (Wildman–Crippen LogP) is 3.31. The first-order chi connectivity index (χ1) is 9.49. The third kappa shape index (κ3) is 3.28. The molecule has 1 heterocycles. The van der Waals surface area contributed by atoms with Gasteiger partial charge in [-0.25, -0.2) is 0 Å². The number of benzene rings is 1. The minimum atomic E-state index is -1.30. The number of hydrogen-bond acceptors (Lipinski definition) is 4. The molecule has 0 amide bonds. The van der Waals surface area contributed by atoms with Gasteiger partial charge in [0.05, 0.1) is 25.8 Å². The molecule has 0 fully saturated rings. The quantitative estimate of drug-likeness (QED) is 0.640. The van der Waals surface area contributed by atoms with Crippen molar-refractivity contribution in [3.8, 4) is 0 Å². The van der Waals surface area contributed by atoms with Crippen LogP contribution in [0.5, 0.6) is 0 Å². The summed E-state index contributed by atoms with van der Waals surface area (Å²) >= 11 is 12.7. The van der Waals surface area contributed by atoms with Crippen LogP contribution in [0.2, 0.25) is 10.0 Å².